The van der Waals surface area contributed by atoms with Crippen molar-refractivity contribution in [3.05, 3.63) is 118 Å². The van der Waals surface area contributed by atoms with Crippen LogP contribution in [0.3, 0.4) is 0 Å². The van der Waals surface area contributed by atoms with Gasteiger partial charge in [-0.3, -0.25) is 9.35 Å². The molecule has 0 bridgehead atoms. The Labute approximate surface area is 338 Å². The molecule has 6 aromatic rings. The number of carboxylic acid groups (broad SMARTS) is 1. The van der Waals surface area contributed by atoms with Crippen LogP contribution in [0.4, 0.5) is 0 Å². The number of pyridine rings is 2. The van der Waals surface area contributed by atoms with Gasteiger partial charge in [0.05, 0.1) is 26.7 Å². The van der Waals surface area contributed by atoms with E-state index in [2.05, 4.69) is 47.0 Å². The number of fused-ring (bicyclic) bond motifs is 2. The maximum atomic E-state index is 12.7. The van der Waals surface area contributed by atoms with Gasteiger partial charge in [-0.25, -0.2) is 44.7 Å². The third-order valence-corrected chi connectivity index (χ3v) is 10.3. The van der Waals surface area contributed by atoms with Crippen LogP contribution in [0.25, 0.3) is 22.1 Å². The number of nitrogens with two attached hydrogens (primary N) is 1. The van der Waals surface area contributed by atoms with Gasteiger partial charge in [0.15, 0.2) is 17.6 Å². The van der Waals surface area contributed by atoms with Crippen LogP contribution >= 0.6 is 31.9 Å². The minimum absolute atomic E-state index is 0. The summed E-state index contributed by atoms with van der Waals surface area (Å²) in [5.74, 6) is -1.22. The van der Waals surface area contributed by atoms with E-state index in [9.17, 15) is 31.5 Å². The van der Waals surface area contributed by atoms with Crippen LogP contribution in [-0.4, -0.2) is 65.1 Å². The number of carboxylic acids is 1. The predicted octanol–water partition coefficient (Wildman–Crippen LogP) is -1.04. The van der Waals surface area contributed by atoms with Gasteiger partial charge in [-0.05, 0) is 68.3 Å². The maximum Gasteiger partial charge on any atom is 1.00 e. The van der Waals surface area contributed by atoms with Crippen molar-refractivity contribution >= 4 is 96.5 Å². The first kappa shape index (κ1) is 45.1. The van der Waals surface area contributed by atoms with Crippen molar-refractivity contribution in [1.82, 2.24) is 17.9 Å². The van der Waals surface area contributed by atoms with E-state index in [1.807, 2.05) is 0 Å². The van der Waals surface area contributed by atoms with E-state index in [0.717, 1.165) is 14.1 Å². The number of benzene rings is 2. The number of hydrogen-bond acceptors (Lipinski definition) is 12. The molecule has 0 radical (unpaired) electrons. The summed E-state index contributed by atoms with van der Waals surface area (Å²) in [6, 6.07) is 19.0. The molecule has 17 nitrogen and oxygen atoms in total. The zero-order valence-electron chi connectivity index (χ0n) is 26.0. The topological polar surface area (TPSA) is 285 Å². The molecule has 0 aliphatic heterocycles. The molecule has 24 heteroatoms. The normalized spacial score (nSPS) is 11.1. The van der Waals surface area contributed by atoms with E-state index in [0.29, 0.717) is 20.6 Å². The van der Waals surface area contributed by atoms with E-state index in [1.54, 1.807) is 42.5 Å². The SMILES string of the molecule is NS(=O)(=O)O.O=C(O)c1cn(S(=O)(=O)c2ccccc2)c2ncc(Br)cc12.O=Cc1cn(S(=O)(=O)c2ccccc2)c2ncc(Br)cc12.[Na+].[O-][Cl+][O-]. The molecule has 4 aromatic heterocycles. The van der Waals surface area contributed by atoms with Crippen molar-refractivity contribution in [3.8, 4) is 0 Å². The van der Waals surface area contributed by atoms with Crippen molar-refractivity contribution in [1.29, 1.82) is 0 Å². The molecule has 0 atom stereocenters. The first-order valence-corrected chi connectivity index (χ1v) is 19.7. The number of carbonyl (C=O) groups is 2. The van der Waals surface area contributed by atoms with Gasteiger partial charge in [0.1, 0.15) is 0 Å². The van der Waals surface area contributed by atoms with Crippen LogP contribution in [0, 0.1) is 11.3 Å². The van der Waals surface area contributed by atoms with Crippen molar-refractivity contribution < 1.29 is 94.7 Å². The molecule has 4 N–H and O–H groups in total. The largest absolute Gasteiger partial charge is 1.00 e. The van der Waals surface area contributed by atoms with Crippen molar-refractivity contribution in [2.24, 2.45) is 5.14 Å². The molecule has 0 spiro atoms. The Bertz CT molecular complexity index is 2520. The number of aromatic carboxylic acids is 1. The van der Waals surface area contributed by atoms with E-state index >= 15 is 0 Å². The summed E-state index contributed by atoms with van der Waals surface area (Å²) in [5, 5.41) is 13.9. The Morgan fingerprint density at radius 2 is 1.13 bits per heavy atom. The Morgan fingerprint density at radius 1 is 0.769 bits per heavy atom. The zero-order chi connectivity index (χ0) is 38.1. The third kappa shape index (κ3) is 11.4. The summed E-state index contributed by atoms with van der Waals surface area (Å²) in [6.45, 7) is 0. The Morgan fingerprint density at radius 3 is 1.52 bits per heavy atom. The van der Waals surface area contributed by atoms with Gasteiger partial charge in [0.25, 0.3) is 20.0 Å². The average Bonchev–Trinajstić information content (AvgIpc) is 3.64. The molecule has 4 heterocycles. The van der Waals surface area contributed by atoms with Crippen LogP contribution in [0.2, 0.25) is 0 Å². The molecule has 2 aromatic carbocycles. The van der Waals surface area contributed by atoms with E-state index in [4.69, 9.17) is 22.3 Å². The fourth-order valence-electron chi connectivity index (χ4n) is 4.17. The molecule has 0 fully saturated rings. The second-order valence-electron chi connectivity index (χ2n) is 9.41. The molecule has 270 valence electrons. The summed E-state index contributed by atoms with van der Waals surface area (Å²) < 4.78 is 95.5. The number of hydrogen-bond donors (Lipinski definition) is 3. The predicted molar refractivity (Wildman–Crippen MR) is 181 cm³/mol. The van der Waals surface area contributed by atoms with E-state index in [-0.39, 0.29) is 67.2 Å². The number of halogens is 3. The van der Waals surface area contributed by atoms with Crippen molar-refractivity contribution in [2.45, 2.75) is 9.79 Å². The fourth-order valence-corrected chi connectivity index (χ4v) is 7.54. The van der Waals surface area contributed by atoms with Crippen LogP contribution in [0.5, 0.6) is 0 Å². The molecule has 0 aliphatic rings. The van der Waals surface area contributed by atoms with Gasteiger partial charge < -0.3 is 14.4 Å². The molecule has 6 rings (SSSR count). The van der Waals surface area contributed by atoms with Crippen LogP contribution in [0.1, 0.15) is 20.7 Å². The Kier molecular flexibility index (Phi) is 16.7. The molecule has 0 saturated heterocycles. The number of aromatic nitrogens is 4. The molecule has 0 unspecified atom stereocenters. The first-order chi connectivity index (χ1) is 23.9. The Hall–Kier alpha value is -3.10. The summed E-state index contributed by atoms with van der Waals surface area (Å²) in [7, 11) is -11.9. The minimum Gasteiger partial charge on any atom is -0.544 e. The molecule has 0 amide bonds. The molecule has 0 saturated carbocycles. The van der Waals surface area contributed by atoms with Gasteiger partial charge >= 0.3 is 45.8 Å². The van der Waals surface area contributed by atoms with Crippen molar-refractivity contribution in [2.75, 3.05) is 0 Å². The second kappa shape index (κ2) is 19.3. The molecule has 52 heavy (non-hydrogen) atoms. The number of carbonyl (C=O) groups excluding carboxylic acids is 1. The summed E-state index contributed by atoms with van der Waals surface area (Å²) in [4.78, 5) is 30.9. The quantitative estimate of drug-likeness (QED) is 0.102. The molecule has 0 aliphatic carbocycles. The first-order valence-electron chi connectivity index (χ1n) is 13.1. The summed E-state index contributed by atoms with van der Waals surface area (Å²) >= 11 is 6.05. The standard InChI is InChI=1S/C14H9BrN2O4S.C14H9BrN2O3S.ClO2.H3NO3S.Na/c15-9-6-11-12(14(18)19)8-17(13(11)16-7-9)22(20,21)10-4-2-1-3-5-10;15-11-6-13-10(9-18)8-17(14(13)16-7-11)21(19,20)12-4-2-1-3-5-12;2-1-3;1-5(2,3)4;/h1-8H,(H,18,19);1-9H;;(H3,1,2,3,4);/q;;-1;;+1. The van der Waals surface area contributed by atoms with Gasteiger partial charge in [-0.1, -0.05) is 36.4 Å². The minimum atomic E-state index is -4.17. The monoisotopic (exact) mass is 931 g/mol. The van der Waals surface area contributed by atoms with Crippen LogP contribution in [0.15, 0.2) is 116 Å². The maximum absolute atomic E-state index is 12.7. The summed E-state index contributed by atoms with van der Waals surface area (Å²) in [6.07, 6.45) is 5.90. The van der Waals surface area contributed by atoms with Crippen LogP contribution < -0.4 is 44.0 Å². The smallest absolute Gasteiger partial charge is 0.544 e. The second-order valence-corrected chi connectivity index (χ2v) is 16.0. The van der Waals surface area contributed by atoms with E-state index < -0.39 is 47.6 Å². The molecular formula is C28H21Br2ClN5NaO12S3. The van der Waals surface area contributed by atoms with Gasteiger partial charge in [-0.15, -0.1) is 0 Å². The summed E-state index contributed by atoms with van der Waals surface area (Å²) in [5.41, 5.74) is 0.454. The average molecular weight is 934 g/mol. The van der Waals surface area contributed by atoms with Gasteiger partial charge in [0.2, 0.25) is 0 Å². The Balaban J connectivity index is 0.000000295. The van der Waals surface area contributed by atoms with Gasteiger partial charge in [0, 0.05) is 50.1 Å². The van der Waals surface area contributed by atoms with Gasteiger partial charge in [-0.2, -0.15) is 8.42 Å². The van der Waals surface area contributed by atoms with Crippen LogP contribution in [-0.2, 0) is 30.4 Å². The van der Waals surface area contributed by atoms with Crippen molar-refractivity contribution in [3.63, 3.8) is 0 Å². The fraction of sp³-hybridized carbons (Fsp3) is 0. The number of rotatable bonds is 6. The van der Waals surface area contributed by atoms with E-state index in [1.165, 1.54) is 48.9 Å². The molecular weight excluding hydrogens is 913 g/mol. The number of aldehydes is 1. The zero-order valence-corrected chi connectivity index (χ0v) is 34.4. The number of nitrogens with zero attached hydrogens (tertiary/aromatic N) is 4. The third-order valence-electron chi connectivity index (χ3n) is 6.15.